The maximum absolute atomic E-state index is 12.5. The summed E-state index contributed by atoms with van der Waals surface area (Å²) in [6.45, 7) is 2.16. The Labute approximate surface area is 147 Å². The number of halogens is 1. The van der Waals surface area contributed by atoms with Gasteiger partial charge in [0.05, 0.1) is 17.2 Å². The van der Waals surface area contributed by atoms with Crippen LogP contribution < -0.4 is 4.72 Å². The normalized spacial score (nSPS) is 17.7. The first-order chi connectivity index (χ1) is 11.6. The van der Waals surface area contributed by atoms with E-state index in [4.69, 9.17) is 16.0 Å². The summed E-state index contributed by atoms with van der Waals surface area (Å²) in [6, 6.07) is 9.90. The van der Waals surface area contributed by atoms with Crippen LogP contribution in [0.25, 0.3) is 0 Å². The Bertz CT molecular complexity index is 756. The highest BCUT2D eigenvalue weighted by Crippen LogP contribution is 2.25. The lowest BCUT2D eigenvalue weighted by atomic mass is 10.1. The predicted molar refractivity (Wildman–Crippen MR) is 93.5 cm³/mol. The smallest absolute Gasteiger partial charge is 0.240 e. The van der Waals surface area contributed by atoms with E-state index in [9.17, 15) is 8.42 Å². The lowest BCUT2D eigenvalue weighted by Crippen LogP contribution is -2.40. The van der Waals surface area contributed by atoms with Crippen LogP contribution >= 0.6 is 11.6 Å². The minimum atomic E-state index is -3.61. The van der Waals surface area contributed by atoms with Crippen molar-refractivity contribution in [2.75, 3.05) is 19.6 Å². The van der Waals surface area contributed by atoms with E-state index in [1.807, 2.05) is 12.1 Å². The van der Waals surface area contributed by atoms with Crippen LogP contribution in [0, 0.1) is 0 Å². The van der Waals surface area contributed by atoms with Crippen LogP contribution in [0.15, 0.2) is 52.0 Å². The zero-order chi connectivity index (χ0) is 17.0. The summed E-state index contributed by atoms with van der Waals surface area (Å²) < 4.78 is 33.3. The third-order valence-corrected chi connectivity index (χ3v) is 5.93. The zero-order valence-electron chi connectivity index (χ0n) is 13.3. The van der Waals surface area contributed by atoms with Gasteiger partial charge in [0.25, 0.3) is 0 Å². The number of furan rings is 1. The van der Waals surface area contributed by atoms with Crippen molar-refractivity contribution in [2.45, 2.75) is 30.2 Å². The third-order valence-electron chi connectivity index (χ3n) is 4.28. The first kappa shape index (κ1) is 17.5. The van der Waals surface area contributed by atoms with E-state index in [2.05, 4.69) is 9.62 Å². The van der Waals surface area contributed by atoms with Gasteiger partial charge in [-0.15, -0.1) is 0 Å². The highest BCUT2D eigenvalue weighted by Gasteiger charge is 2.26. The molecule has 3 rings (SSSR count). The van der Waals surface area contributed by atoms with E-state index in [0.717, 1.165) is 31.7 Å². The third kappa shape index (κ3) is 4.19. The standard InChI is InChI=1S/C17H21ClN2O3S/c18-14-6-4-7-15(12-14)24(21,22)19-13-16(17-8-5-11-23-17)20-9-2-1-3-10-20/h4-8,11-12,16,19H,1-3,9-10,13H2. The Kier molecular flexibility index (Phi) is 5.61. The van der Waals surface area contributed by atoms with Gasteiger partial charge < -0.3 is 4.42 Å². The molecule has 1 aromatic carbocycles. The van der Waals surface area contributed by atoms with E-state index < -0.39 is 10.0 Å². The van der Waals surface area contributed by atoms with Gasteiger partial charge in [0, 0.05) is 11.6 Å². The van der Waals surface area contributed by atoms with Gasteiger partial charge in [0.15, 0.2) is 0 Å². The number of likely N-dealkylation sites (tertiary alicyclic amines) is 1. The van der Waals surface area contributed by atoms with Gasteiger partial charge in [-0.05, 0) is 56.3 Å². The Morgan fingerprint density at radius 1 is 1.17 bits per heavy atom. The first-order valence-corrected chi connectivity index (χ1v) is 9.95. The number of nitrogens with zero attached hydrogens (tertiary/aromatic N) is 1. The van der Waals surface area contributed by atoms with E-state index in [1.165, 1.54) is 18.6 Å². The molecule has 5 nitrogen and oxygen atoms in total. The molecule has 2 heterocycles. The number of piperidine rings is 1. The van der Waals surface area contributed by atoms with E-state index in [0.29, 0.717) is 5.02 Å². The van der Waals surface area contributed by atoms with Gasteiger partial charge in [0.2, 0.25) is 10.0 Å². The fraction of sp³-hybridized carbons (Fsp3) is 0.412. The summed E-state index contributed by atoms with van der Waals surface area (Å²) in [6.07, 6.45) is 5.09. The van der Waals surface area contributed by atoms with Crippen LogP contribution in [0.5, 0.6) is 0 Å². The Morgan fingerprint density at radius 3 is 2.62 bits per heavy atom. The molecule has 1 aliphatic heterocycles. The minimum Gasteiger partial charge on any atom is -0.468 e. The molecule has 1 N–H and O–H groups in total. The SMILES string of the molecule is O=S(=O)(NCC(c1ccco1)N1CCCCC1)c1cccc(Cl)c1. The molecule has 1 saturated heterocycles. The summed E-state index contributed by atoms with van der Waals surface area (Å²) in [5, 5.41) is 0.400. The molecule has 24 heavy (non-hydrogen) atoms. The molecule has 130 valence electrons. The van der Waals surface area contributed by atoms with Crippen molar-refractivity contribution >= 4 is 21.6 Å². The first-order valence-electron chi connectivity index (χ1n) is 8.09. The lowest BCUT2D eigenvalue weighted by molar-refractivity contribution is 0.147. The second-order valence-corrected chi connectivity index (χ2v) is 8.14. The second-order valence-electron chi connectivity index (χ2n) is 5.94. The molecule has 1 atom stereocenters. The molecular formula is C17H21ClN2O3S. The van der Waals surface area contributed by atoms with Crippen molar-refractivity contribution in [3.8, 4) is 0 Å². The summed E-state index contributed by atoms with van der Waals surface area (Å²) in [7, 11) is -3.61. The molecule has 0 saturated carbocycles. The number of hydrogen-bond acceptors (Lipinski definition) is 4. The molecular weight excluding hydrogens is 348 g/mol. The largest absolute Gasteiger partial charge is 0.468 e. The van der Waals surface area contributed by atoms with Crippen molar-refractivity contribution in [1.82, 2.24) is 9.62 Å². The fourth-order valence-corrected chi connectivity index (χ4v) is 4.37. The molecule has 1 fully saturated rings. The molecule has 7 heteroatoms. The van der Waals surface area contributed by atoms with Crippen LogP contribution in [-0.4, -0.2) is 33.0 Å². The number of hydrogen-bond donors (Lipinski definition) is 1. The van der Waals surface area contributed by atoms with E-state index in [-0.39, 0.29) is 17.5 Å². The molecule has 1 aromatic heterocycles. The van der Waals surface area contributed by atoms with Gasteiger partial charge in [0.1, 0.15) is 5.76 Å². The van der Waals surface area contributed by atoms with Gasteiger partial charge >= 0.3 is 0 Å². The maximum Gasteiger partial charge on any atom is 0.240 e. The molecule has 1 unspecified atom stereocenters. The van der Waals surface area contributed by atoms with Crippen LogP contribution in [0.1, 0.15) is 31.1 Å². The Morgan fingerprint density at radius 2 is 1.96 bits per heavy atom. The molecule has 2 aromatic rings. The minimum absolute atomic E-state index is 0.103. The van der Waals surface area contributed by atoms with Crippen LogP contribution in [-0.2, 0) is 10.0 Å². The summed E-state index contributed by atoms with van der Waals surface area (Å²) in [5.74, 6) is 0.783. The number of rotatable bonds is 6. The maximum atomic E-state index is 12.5. The van der Waals surface area contributed by atoms with Crippen molar-refractivity contribution < 1.29 is 12.8 Å². The molecule has 0 aliphatic carbocycles. The van der Waals surface area contributed by atoms with E-state index >= 15 is 0 Å². The second kappa shape index (κ2) is 7.70. The highest BCUT2D eigenvalue weighted by molar-refractivity contribution is 7.89. The van der Waals surface area contributed by atoms with Gasteiger partial charge in [-0.1, -0.05) is 24.1 Å². The van der Waals surface area contributed by atoms with Gasteiger partial charge in [-0.25, -0.2) is 13.1 Å². The summed E-state index contributed by atoms with van der Waals surface area (Å²) in [5.41, 5.74) is 0. The number of sulfonamides is 1. The highest BCUT2D eigenvalue weighted by atomic mass is 35.5. The van der Waals surface area contributed by atoms with Crippen molar-refractivity contribution in [2.24, 2.45) is 0 Å². The molecule has 0 radical (unpaired) electrons. The topological polar surface area (TPSA) is 62.6 Å². The fourth-order valence-electron chi connectivity index (χ4n) is 3.03. The van der Waals surface area contributed by atoms with Crippen LogP contribution in [0.3, 0.4) is 0 Å². The zero-order valence-corrected chi connectivity index (χ0v) is 14.9. The molecule has 1 aliphatic rings. The average Bonchev–Trinajstić information content (AvgIpc) is 3.10. The molecule has 0 spiro atoms. The summed E-state index contributed by atoms with van der Waals surface area (Å²) >= 11 is 5.90. The quantitative estimate of drug-likeness (QED) is 0.848. The Hall–Kier alpha value is -1.34. The molecule has 0 bridgehead atoms. The number of benzene rings is 1. The number of nitrogens with one attached hydrogen (secondary N) is 1. The monoisotopic (exact) mass is 368 g/mol. The van der Waals surface area contributed by atoms with Crippen molar-refractivity contribution in [3.63, 3.8) is 0 Å². The van der Waals surface area contributed by atoms with Crippen molar-refractivity contribution in [1.29, 1.82) is 0 Å². The van der Waals surface area contributed by atoms with Gasteiger partial charge in [-0.3, -0.25) is 4.90 Å². The van der Waals surface area contributed by atoms with Crippen LogP contribution in [0.4, 0.5) is 0 Å². The van der Waals surface area contributed by atoms with Gasteiger partial charge in [-0.2, -0.15) is 0 Å². The Balaban J connectivity index is 1.75. The predicted octanol–water partition coefficient (Wildman–Crippen LogP) is 3.44. The van der Waals surface area contributed by atoms with Crippen LogP contribution in [0.2, 0.25) is 5.02 Å². The average molecular weight is 369 g/mol. The summed E-state index contributed by atoms with van der Waals surface area (Å²) in [4.78, 5) is 2.45. The van der Waals surface area contributed by atoms with Crippen molar-refractivity contribution in [3.05, 3.63) is 53.4 Å². The lowest BCUT2D eigenvalue weighted by Gasteiger charge is -2.33. The molecule has 0 amide bonds. The van der Waals surface area contributed by atoms with E-state index in [1.54, 1.807) is 18.4 Å².